The highest BCUT2D eigenvalue weighted by Crippen LogP contribution is 2.41. The number of sulfonamides is 1. The lowest BCUT2D eigenvalue weighted by Gasteiger charge is -2.38. The maximum atomic E-state index is 12.9. The quantitative estimate of drug-likeness (QED) is 0.674. The lowest BCUT2D eigenvalue weighted by molar-refractivity contribution is -0.122. The molecule has 3 rings (SSSR count). The second-order valence-corrected chi connectivity index (χ2v) is 10.6. The first-order valence-electron chi connectivity index (χ1n) is 9.83. The maximum absolute atomic E-state index is 12.9. The van der Waals surface area contributed by atoms with Gasteiger partial charge in [0, 0.05) is 23.6 Å². The Morgan fingerprint density at radius 2 is 2.00 bits per heavy atom. The van der Waals surface area contributed by atoms with Gasteiger partial charge in [0.2, 0.25) is 15.9 Å². The van der Waals surface area contributed by atoms with Crippen LogP contribution in [0.4, 0.5) is 0 Å². The van der Waals surface area contributed by atoms with Gasteiger partial charge in [-0.15, -0.1) is 0 Å². The summed E-state index contributed by atoms with van der Waals surface area (Å²) in [5.74, 6) is 0.908. The highest BCUT2D eigenvalue weighted by molar-refractivity contribution is 7.88. The van der Waals surface area contributed by atoms with E-state index in [9.17, 15) is 13.2 Å². The molecule has 1 atom stereocenters. The lowest BCUT2D eigenvalue weighted by Crippen LogP contribution is -2.45. The molecule has 1 aliphatic rings. The van der Waals surface area contributed by atoms with E-state index in [1.807, 2.05) is 26.0 Å². The number of halogens is 1. The highest BCUT2D eigenvalue weighted by Gasteiger charge is 2.35. The first-order chi connectivity index (χ1) is 14.5. The minimum absolute atomic E-state index is 0.00953. The van der Waals surface area contributed by atoms with Crippen LogP contribution in [-0.2, 0) is 21.4 Å². The summed E-state index contributed by atoms with van der Waals surface area (Å²) < 4.78 is 37.1. The van der Waals surface area contributed by atoms with Crippen molar-refractivity contribution in [1.82, 2.24) is 9.62 Å². The molecule has 1 unspecified atom stereocenters. The summed E-state index contributed by atoms with van der Waals surface area (Å²) in [4.78, 5) is 12.9. The summed E-state index contributed by atoms with van der Waals surface area (Å²) in [7, 11) is -2.07. The Kier molecular flexibility index (Phi) is 6.83. The number of hydrogen-bond donors (Lipinski definition) is 1. The molecule has 31 heavy (non-hydrogen) atoms. The summed E-state index contributed by atoms with van der Waals surface area (Å²) in [6.45, 7) is 3.58. The molecule has 0 radical (unpaired) electrons. The predicted molar refractivity (Wildman–Crippen MR) is 120 cm³/mol. The van der Waals surface area contributed by atoms with E-state index in [2.05, 4.69) is 5.32 Å². The third-order valence-corrected chi connectivity index (χ3v) is 6.67. The molecule has 0 spiro atoms. The van der Waals surface area contributed by atoms with E-state index < -0.39 is 21.5 Å². The van der Waals surface area contributed by atoms with Crippen LogP contribution in [0, 0.1) is 0 Å². The molecule has 2 aromatic carbocycles. The average molecular weight is 467 g/mol. The Labute approximate surface area is 188 Å². The van der Waals surface area contributed by atoms with Gasteiger partial charge >= 0.3 is 0 Å². The molecule has 0 aromatic heterocycles. The van der Waals surface area contributed by atoms with Gasteiger partial charge in [0.15, 0.2) is 0 Å². The predicted octanol–water partition coefficient (Wildman–Crippen LogP) is 3.53. The first kappa shape index (κ1) is 23.4. The molecular formula is C22H27ClN2O5S. The number of amides is 1. The monoisotopic (exact) mass is 466 g/mol. The number of methoxy groups -OCH3 is 1. The molecule has 7 nitrogen and oxygen atoms in total. The van der Waals surface area contributed by atoms with Crippen molar-refractivity contribution in [2.45, 2.75) is 38.5 Å². The maximum Gasteiger partial charge on any atom is 0.235 e. The van der Waals surface area contributed by atoms with Gasteiger partial charge in [0.25, 0.3) is 0 Å². The Hall–Kier alpha value is -2.29. The molecule has 1 N–H and O–H groups in total. The van der Waals surface area contributed by atoms with Crippen molar-refractivity contribution in [3.05, 3.63) is 58.6 Å². The fourth-order valence-corrected chi connectivity index (χ4v) is 4.52. The van der Waals surface area contributed by atoms with E-state index in [1.165, 1.54) is 0 Å². The van der Waals surface area contributed by atoms with Gasteiger partial charge in [-0.25, -0.2) is 8.42 Å². The summed E-state index contributed by atoms with van der Waals surface area (Å²) in [6.07, 6.45) is 1.61. The molecule has 0 bridgehead atoms. The molecule has 2 aromatic rings. The smallest absolute Gasteiger partial charge is 0.235 e. The number of rotatable bonds is 7. The van der Waals surface area contributed by atoms with Crippen LogP contribution in [0.25, 0.3) is 0 Å². The molecule has 0 saturated heterocycles. The number of ether oxygens (including phenoxy) is 2. The van der Waals surface area contributed by atoms with Crippen LogP contribution in [0.1, 0.15) is 37.4 Å². The van der Waals surface area contributed by atoms with Crippen LogP contribution in [0.15, 0.2) is 42.5 Å². The fourth-order valence-electron chi connectivity index (χ4n) is 3.60. The van der Waals surface area contributed by atoms with Crippen molar-refractivity contribution in [2.24, 2.45) is 0 Å². The van der Waals surface area contributed by atoms with Crippen LogP contribution in [0.3, 0.4) is 0 Å². The summed E-state index contributed by atoms with van der Waals surface area (Å²) >= 11 is 6.18. The minimum atomic E-state index is -3.64. The van der Waals surface area contributed by atoms with E-state index in [1.54, 1.807) is 37.4 Å². The van der Waals surface area contributed by atoms with Gasteiger partial charge in [0.05, 0.1) is 26.0 Å². The molecule has 0 saturated carbocycles. The second kappa shape index (κ2) is 9.06. The Bertz CT molecular complexity index is 1070. The van der Waals surface area contributed by atoms with Crippen molar-refractivity contribution >= 4 is 27.5 Å². The Balaban J connectivity index is 1.80. The van der Waals surface area contributed by atoms with E-state index in [0.29, 0.717) is 28.5 Å². The van der Waals surface area contributed by atoms with Crippen LogP contribution in [0.5, 0.6) is 11.5 Å². The number of hydrogen-bond acceptors (Lipinski definition) is 5. The zero-order valence-corrected chi connectivity index (χ0v) is 19.6. The van der Waals surface area contributed by atoms with Gasteiger partial charge < -0.3 is 14.8 Å². The van der Waals surface area contributed by atoms with Crippen molar-refractivity contribution < 1.29 is 22.7 Å². The third-order valence-electron chi connectivity index (χ3n) is 5.10. The van der Waals surface area contributed by atoms with Gasteiger partial charge in [-0.05, 0) is 43.7 Å². The van der Waals surface area contributed by atoms with Gasteiger partial charge in [-0.1, -0.05) is 29.8 Å². The molecular weight excluding hydrogens is 440 g/mol. The summed E-state index contributed by atoms with van der Waals surface area (Å²) in [5, 5.41) is 3.42. The van der Waals surface area contributed by atoms with Crippen molar-refractivity contribution in [2.75, 3.05) is 19.9 Å². The minimum Gasteiger partial charge on any atom is -0.497 e. The van der Waals surface area contributed by atoms with Gasteiger partial charge in [0.1, 0.15) is 17.1 Å². The number of carbonyl (C=O) groups excluding carboxylic acids is 1. The normalized spacial score (nSPS) is 17.5. The average Bonchev–Trinajstić information content (AvgIpc) is 2.67. The molecule has 0 fully saturated rings. The Morgan fingerprint density at radius 3 is 2.65 bits per heavy atom. The SMILES string of the molecule is COc1ccc2c(c1)C(NC(=O)CN(Cc1ccccc1Cl)S(C)(=O)=O)CC(C)(C)O2. The number of nitrogens with one attached hydrogen (secondary N) is 1. The molecule has 0 aliphatic carbocycles. The number of nitrogens with zero attached hydrogens (tertiary/aromatic N) is 1. The van der Waals surface area contributed by atoms with E-state index in [0.717, 1.165) is 16.1 Å². The standard InChI is InChI=1S/C22H27ClN2O5S/c1-22(2)12-19(17-11-16(29-3)9-10-20(17)30-22)24-21(26)14-25(31(4,27)28)13-15-7-5-6-8-18(15)23/h5-11,19H,12-14H2,1-4H3,(H,24,26). The summed E-state index contributed by atoms with van der Waals surface area (Å²) in [5.41, 5.74) is 0.932. The zero-order chi connectivity index (χ0) is 22.8. The van der Waals surface area contributed by atoms with Crippen molar-refractivity contribution in [1.29, 1.82) is 0 Å². The van der Waals surface area contributed by atoms with Crippen molar-refractivity contribution in [3.63, 3.8) is 0 Å². The van der Waals surface area contributed by atoms with Crippen molar-refractivity contribution in [3.8, 4) is 11.5 Å². The molecule has 168 valence electrons. The van der Waals surface area contributed by atoms with Crippen LogP contribution < -0.4 is 14.8 Å². The molecule has 1 amide bonds. The summed E-state index contributed by atoms with van der Waals surface area (Å²) in [6, 6.07) is 12.1. The van der Waals surface area contributed by atoms with E-state index in [-0.39, 0.29) is 19.1 Å². The lowest BCUT2D eigenvalue weighted by atomic mass is 9.89. The van der Waals surface area contributed by atoms with Crippen LogP contribution in [0.2, 0.25) is 5.02 Å². The third kappa shape index (κ3) is 5.90. The number of carbonyl (C=O) groups is 1. The largest absolute Gasteiger partial charge is 0.497 e. The van der Waals surface area contributed by atoms with E-state index >= 15 is 0 Å². The number of benzene rings is 2. The van der Waals surface area contributed by atoms with Gasteiger partial charge in [-0.3, -0.25) is 4.79 Å². The topological polar surface area (TPSA) is 84.9 Å². The highest BCUT2D eigenvalue weighted by atomic mass is 35.5. The fraction of sp³-hybridized carbons (Fsp3) is 0.409. The number of fused-ring (bicyclic) bond motifs is 1. The second-order valence-electron chi connectivity index (χ2n) is 8.21. The molecule has 1 heterocycles. The first-order valence-corrected chi connectivity index (χ1v) is 12.1. The van der Waals surface area contributed by atoms with E-state index in [4.69, 9.17) is 21.1 Å². The molecule has 1 aliphatic heterocycles. The van der Waals surface area contributed by atoms with Crippen LogP contribution in [-0.4, -0.2) is 44.1 Å². The zero-order valence-electron chi connectivity index (χ0n) is 18.0. The molecule has 9 heteroatoms. The van der Waals surface area contributed by atoms with Crippen LogP contribution >= 0.6 is 11.6 Å². The Morgan fingerprint density at radius 1 is 1.29 bits per heavy atom. The van der Waals surface area contributed by atoms with Gasteiger partial charge in [-0.2, -0.15) is 4.31 Å².